The summed E-state index contributed by atoms with van der Waals surface area (Å²) in [6.07, 6.45) is 0.891. The van der Waals surface area contributed by atoms with Crippen LogP contribution in [0, 0.1) is 11.8 Å². The fourth-order valence-corrected chi connectivity index (χ4v) is 3.01. The topological polar surface area (TPSA) is 32.3 Å². The highest BCUT2D eigenvalue weighted by atomic mass is 16.1. The van der Waals surface area contributed by atoms with E-state index in [1.165, 1.54) is 5.56 Å². The number of amides is 1. The number of benzene rings is 3. The minimum atomic E-state index is -0.0625. The van der Waals surface area contributed by atoms with Crippen LogP contribution in [0.25, 0.3) is 0 Å². The van der Waals surface area contributed by atoms with Crippen molar-refractivity contribution in [3.8, 4) is 11.8 Å². The summed E-state index contributed by atoms with van der Waals surface area (Å²) in [6.45, 7) is 0.594. The second-order valence-corrected chi connectivity index (χ2v) is 7.21. The molecular weight excluding hydrogens is 356 g/mol. The molecule has 29 heavy (non-hydrogen) atoms. The molecule has 0 saturated carbocycles. The zero-order valence-corrected chi connectivity index (χ0v) is 16.9. The van der Waals surface area contributed by atoms with Crippen molar-refractivity contribution in [3.05, 3.63) is 107 Å². The highest BCUT2D eigenvalue weighted by Crippen LogP contribution is 2.08. The van der Waals surface area contributed by atoms with Crippen LogP contribution in [0.2, 0.25) is 0 Å². The molecule has 1 atom stereocenters. The molecule has 0 saturated heterocycles. The van der Waals surface area contributed by atoms with Gasteiger partial charge < -0.3 is 10.2 Å². The van der Waals surface area contributed by atoms with Crippen molar-refractivity contribution in [2.75, 3.05) is 20.6 Å². The first kappa shape index (κ1) is 20.4. The van der Waals surface area contributed by atoms with E-state index in [4.69, 9.17) is 0 Å². The quantitative estimate of drug-likeness (QED) is 0.654. The third-order valence-electron chi connectivity index (χ3n) is 4.81. The van der Waals surface area contributed by atoms with E-state index in [1.807, 2.05) is 86.9 Å². The molecule has 0 radical (unpaired) electrons. The Morgan fingerprint density at radius 3 is 1.97 bits per heavy atom. The summed E-state index contributed by atoms with van der Waals surface area (Å²) in [5.74, 6) is 6.20. The van der Waals surface area contributed by atoms with Crippen LogP contribution in [-0.2, 0) is 6.42 Å². The molecule has 1 amide bonds. The standard InChI is InChI=1S/C26H26N2O/c1-28(2)25(19-23-11-7-4-8-12-23)20-27-26(29)24-17-15-22(16-18-24)14-13-21-9-5-3-6-10-21/h3-12,15-18,25H,19-20H2,1-2H3,(H,27,29). The van der Waals surface area contributed by atoms with Gasteiger partial charge in [0.15, 0.2) is 0 Å². The first-order valence-electron chi connectivity index (χ1n) is 9.77. The van der Waals surface area contributed by atoms with Crippen molar-refractivity contribution in [2.45, 2.75) is 12.5 Å². The predicted molar refractivity (Wildman–Crippen MR) is 119 cm³/mol. The lowest BCUT2D eigenvalue weighted by Gasteiger charge is -2.24. The highest BCUT2D eigenvalue weighted by molar-refractivity contribution is 5.94. The third kappa shape index (κ3) is 6.34. The van der Waals surface area contributed by atoms with Gasteiger partial charge in [-0.25, -0.2) is 0 Å². The average molecular weight is 383 g/mol. The molecule has 0 aliphatic rings. The minimum Gasteiger partial charge on any atom is -0.350 e. The van der Waals surface area contributed by atoms with E-state index in [-0.39, 0.29) is 11.9 Å². The van der Waals surface area contributed by atoms with Gasteiger partial charge >= 0.3 is 0 Å². The first-order valence-corrected chi connectivity index (χ1v) is 9.77. The van der Waals surface area contributed by atoms with Crippen LogP contribution in [0.15, 0.2) is 84.9 Å². The van der Waals surface area contributed by atoms with Gasteiger partial charge in [-0.2, -0.15) is 0 Å². The molecule has 1 unspecified atom stereocenters. The second-order valence-electron chi connectivity index (χ2n) is 7.21. The Morgan fingerprint density at radius 2 is 1.38 bits per heavy atom. The largest absolute Gasteiger partial charge is 0.350 e. The van der Waals surface area contributed by atoms with Crippen LogP contribution in [0.4, 0.5) is 0 Å². The Balaban J connectivity index is 1.58. The molecular formula is C26H26N2O. The van der Waals surface area contributed by atoms with Crippen LogP contribution >= 0.6 is 0 Å². The van der Waals surface area contributed by atoms with Crippen LogP contribution in [0.1, 0.15) is 27.0 Å². The lowest BCUT2D eigenvalue weighted by Crippen LogP contribution is -2.41. The Kier molecular flexibility index (Phi) is 7.22. The second kappa shape index (κ2) is 10.3. The number of likely N-dealkylation sites (N-methyl/N-ethyl adjacent to an activating group) is 1. The van der Waals surface area contributed by atoms with Gasteiger partial charge in [0.1, 0.15) is 0 Å². The Labute approximate surface area is 173 Å². The maximum absolute atomic E-state index is 12.5. The summed E-state index contributed by atoms with van der Waals surface area (Å²) in [5, 5.41) is 3.06. The number of hydrogen-bond acceptors (Lipinski definition) is 2. The molecule has 3 aromatic rings. The molecule has 0 aliphatic heterocycles. The van der Waals surface area contributed by atoms with E-state index in [2.05, 4.69) is 34.2 Å². The van der Waals surface area contributed by atoms with Crippen molar-refractivity contribution in [2.24, 2.45) is 0 Å². The van der Waals surface area contributed by atoms with Crippen molar-refractivity contribution in [1.29, 1.82) is 0 Å². The molecule has 1 N–H and O–H groups in total. The number of nitrogens with zero attached hydrogens (tertiary/aromatic N) is 1. The van der Waals surface area contributed by atoms with Crippen LogP contribution in [0.5, 0.6) is 0 Å². The van der Waals surface area contributed by atoms with Gasteiger partial charge in [0, 0.05) is 29.3 Å². The summed E-state index contributed by atoms with van der Waals surface area (Å²) < 4.78 is 0. The Morgan fingerprint density at radius 1 is 0.828 bits per heavy atom. The normalized spacial score (nSPS) is 11.4. The summed E-state index contributed by atoms with van der Waals surface area (Å²) in [4.78, 5) is 14.7. The smallest absolute Gasteiger partial charge is 0.251 e. The molecule has 3 rings (SSSR count). The van der Waals surface area contributed by atoms with Crippen LogP contribution in [0.3, 0.4) is 0 Å². The first-order chi connectivity index (χ1) is 14.1. The van der Waals surface area contributed by atoms with Gasteiger partial charge in [0.25, 0.3) is 5.91 Å². The van der Waals surface area contributed by atoms with E-state index in [0.29, 0.717) is 12.1 Å². The number of hydrogen-bond donors (Lipinski definition) is 1. The van der Waals surface area contributed by atoms with Gasteiger partial charge in [0.05, 0.1) is 0 Å². The fourth-order valence-electron chi connectivity index (χ4n) is 3.01. The Hall–Kier alpha value is -3.35. The zero-order valence-electron chi connectivity index (χ0n) is 16.9. The van der Waals surface area contributed by atoms with Gasteiger partial charge in [-0.1, -0.05) is 60.4 Å². The summed E-state index contributed by atoms with van der Waals surface area (Å²) >= 11 is 0. The van der Waals surface area contributed by atoms with E-state index < -0.39 is 0 Å². The molecule has 146 valence electrons. The van der Waals surface area contributed by atoms with Gasteiger partial charge in [-0.05, 0) is 62.5 Å². The summed E-state index contributed by atoms with van der Waals surface area (Å²) in [5.41, 5.74) is 3.78. The molecule has 0 fully saturated rings. The van der Waals surface area contributed by atoms with Crippen LogP contribution in [-0.4, -0.2) is 37.5 Å². The zero-order chi connectivity index (χ0) is 20.5. The van der Waals surface area contributed by atoms with Crippen molar-refractivity contribution < 1.29 is 4.79 Å². The lowest BCUT2D eigenvalue weighted by atomic mass is 10.0. The SMILES string of the molecule is CN(C)C(CNC(=O)c1ccc(C#Cc2ccccc2)cc1)Cc1ccccc1. The molecule has 0 heterocycles. The van der Waals surface area contributed by atoms with E-state index >= 15 is 0 Å². The third-order valence-corrected chi connectivity index (χ3v) is 4.81. The number of carbonyl (C=O) groups is 1. The Bertz CT molecular complexity index is 968. The van der Waals surface area contributed by atoms with Gasteiger partial charge in [-0.15, -0.1) is 0 Å². The minimum absolute atomic E-state index is 0.0625. The fraction of sp³-hybridized carbons (Fsp3) is 0.192. The van der Waals surface area contributed by atoms with Crippen LogP contribution < -0.4 is 5.32 Å². The number of nitrogens with one attached hydrogen (secondary N) is 1. The van der Waals surface area contributed by atoms with Gasteiger partial charge in [-0.3, -0.25) is 4.79 Å². The van der Waals surface area contributed by atoms with Crippen molar-refractivity contribution in [1.82, 2.24) is 10.2 Å². The molecule has 0 spiro atoms. The molecule has 0 aromatic heterocycles. The monoisotopic (exact) mass is 382 g/mol. The van der Waals surface area contributed by atoms with Gasteiger partial charge in [0.2, 0.25) is 0 Å². The summed E-state index contributed by atoms with van der Waals surface area (Å²) in [7, 11) is 4.08. The summed E-state index contributed by atoms with van der Waals surface area (Å²) in [6, 6.07) is 27.9. The predicted octanol–water partition coefficient (Wildman–Crippen LogP) is 3.99. The molecule has 0 bridgehead atoms. The van der Waals surface area contributed by atoms with E-state index in [0.717, 1.165) is 17.5 Å². The maximum atomic E-state index is 12.5. The average Bonchev–Trinajstić information content (AvgIpc) is 2.76. The number of carbonyl (C=O) groups excluding carboxylic acids is 1. The maximum Gasteiger partial charge on any atom is 0.251 e. The van der Waals surface area contributed by atoms with E-state index in [1.54, 1.807) is 0 Å². The van der Waals surface area contributed by atoms with Crippen molar-refractivity contribution >= 4 is 5.91 Å². The molecule has 3 nitrogen and oxygen atoms in total. The molecule has 3 aromatic carbocycles. The highest BCUT2D eigenvalue weighted by Gasteiger charge is 2.14. The van der Waals surface area contributed by atoms with E-state index in [9.17, 15) is 4.79 Å². The van der Waals surface area contributed by atoms with Crippen molar-refractivity contribution in [3.63, 3.8) is 0 Å². The number of rotatable bonds is 6. The molecule has 0 aliphatic carbocycles. The molecule has 3 heteroatoms. The lowest BCUT2D eigenvalue weighted by molar-refractivity contribution is 0.0941.